The number of pyridine rings is 1. The molecule has 1 unspecified atom stereocenters. The molecule has 134 valence electrons. The average molecular weight is 349 g/mol. The SMILES string of the molecule is c1cnc(NCCC2CN(Cc3cccnc3)Cc3ccnn3C2)nc1. The second-order valence-corrected chi connectivity index (χ2v) is 6.69. The maximum absolute atomic E-state index is 4.51. The van der Waals surface area contributed by atoms with Gasteiger partial charge in [-0.25, -0.2) is 9.97 Å². The Kier molecular flexibility index (Phi) is 5.16. The van der Waals surface area contributed by atoms with E-state index in [-0.39, 0.29) is 0 Å². The molecule has 0 fully saturated rings. The van der Waals surface area contributed by atoms with Gasteiger partial charge >= 0.3 is 0 Å². The molecule has 4 rings (SSSR count). The van der Waals surface area contributed by atoms with Gasteiger partial charge in [-0.15, -0.1) is 0 Å². The number of rotatable bonds is 6. The summed E-state index contributed by atoms with van der Waals surface area (Å²) in [7, 11) is 0. The first kappa shape index (κ1) is 16.7. The summed E-state index contributed by atoms with van der Waals surface area (Å²) in [6.07, 6.45) is 10.2. The van der Waals surface area contributed by atoms with Crippen molar-refractivity contribution >= 4 is 5.95 Å². The van der Waals surface area contributed by atoms with E-state index in [2.05, 4.69) is 47.1 Å². The molecule has 0 aliphatic carbocycles. The Morgan fingerprint density at radius 1 is 1.04 bits per heavy atom. The predicted molar refractivity (Wildman–Crippen MR) is 99.2 cm³/mol. The van der Waals surface area contributed by atoms with Crippen LogP contribution in [-0.4, -0.2) is 42.7 Å². The largest absolute Gasteiger partial charge is 0.354 e. The minimum atomic E-state index is 0.518. The van der Waals surface area contributed by atoms with Crippen molar-refractivity contribution in [1.82, 2.24) is 29.6 Å². The molecular formula is C19H23N7. The number of aromatic nitrogens is 5. The molecule has 1 aliphatic heterocycles. The topological polar surface area (TPSA) is 71.8 Å². The van der Waals surface area contributed by atoms with Crippen LogP contribution in [0.4, 0.5) is 5.95 Å². The highest BCUT2D eigenvalue weighted by atomic mass is 15.3. The van der Waals surface area contributed by atoms with Gasteiger partial charge in [0.05, 0.1) is 5.69 Å². The summed E-state index contributed by atoms with van der Waals surface area (Å²) >= 11 is 0. The lowest BCUT2D eigenvalue weighted by molar-refractivity contribution is 0.216. The van der Waals surface area contributed by atoms with E-state index in [1.807, 2.05) is 30.7 Å². The Bertz CT molecular complexity index is 803. The number of hydrogen-bond acceptors (Lipinski definition) is 6. The van der Waals surface area contributed by atoms with Crippen LogP contribution in [-0.2, 0) is 19.6 Å². The molecule has 26 heavy (non-hydrogen) atoms. The van der Waals surface area contributed by atoms with Crippen molar-refractivity contribution < 1.29 is 0 Å². The molecule has 0 aromatic carbocycles. The van der Waals surface area contributed by atoms with Crippen LogP contribution >= 0.6 is 0 Å². The van der Waals surface area contributed by atoms with Crippen LogP contribution in [0.15, 0.2) is 55.2 Å². The lowest BCUT2D eigenvalue weighted by atomic mass is 10.0. The van der Waals surface area contributed by atoms with Crippen molar-refractivity contribution in [3.8, 4) is 0 Å². The van der Waals surface area contributed by atoms with Crippen molar-refractivity contribution in [2.24, 2.45) is 5.92 Å². The normalized spacial score (nSPS) is 17.5. The first-order valence-corrected chi connectivity index (χ1v) is 8.99. The van der Waals surface area contributed by atoms with E-state index in [1.54, 1.807) is 12.4 Å². The van der Waals surface area contributed by atoms with Gasteiger partial charge in [0.25, 0.3) is 0 Å². The molecule has 0 radical (unpaired) electrons. The highest BCUT2D eigenvalue weighted by Crippen LogP contribution is 2.20. The standard InChI is InChI=1S/C19H23N7/c1-3-16(11-20-6-1)12-25-13-17(14-26-18(15-25)5-10-24-26)4-9-23-19-21-7-2-8-22-19/h1-3,5-8,10-11,17H,4,9,12-15H2,(H,21,22,23). The summed E-state index contributed by atoms with van der Waals surface area (Å²) in [5.41, 5.74) is 2.52. The molecule has 1 N–H and O–H groups in total. The molecule has 0 saturated carbocycles. The molecule has 7 nitrogen and oxygen atoms in total. The summed E-state index contributed by atoms with van der Waals surface area (Å²) in [5, 5.41) is 7.82. The van der Waals surface area contributed by atoms with E-state index in [4.69, 9.17) is 0 Å². The third kappa shape index (κ3) is 4.23. The second-order valence-electron chi connectivity index (χ2n) is 6.69. The highest BCUT2D eigenvalue weighted by molar-refractivity contribution is 5.21. The zero-order chi connectivity index (χ0) is 17.6. The van der Waals surface area contributed by atoms with Crippen LogP contribution in [0.1, 0.15) is 17.7 Å². The van der Waals surface area contributed by atoms with Crippen molar-refractivity contribution in [3.63, 3.8) is 0 Å². The lowest BCUT2D eigenvalue weighted by Crippen LogP contribution is -2.28. The van der Waals surface area contributed by atoms with Gasteiger partial charge in [0.1, 0.15) is 0 Å². The van der Waals surface area contributed by atoms with Crippen LogP contribution in [0.3, 0.4) is 0 Å². The molecule has 4 heterocycles. The van der Waals surface area contributed by atoms with Gasteiger partial charge in [-0.1, -0.05) is 6.07 Å². The Labute approximate surface area is 153 Å². The minimum Gasteiger partial charge on any atom is -0.354 e. The van der Waals surface area contributed by atoms with Gasteiger partial charge < -0.3 is 5.32 Å². The predicted octanol–water partition coefficient (Wildman–Crippen LogP) is 2.20. The number of anilines is 1. The Hall–Kier alpha value is -2.80. The van der Waals surface area contributed by atoms with Crippen LogP contribution < -0.4 is 5.32 Å². The number of fused-ring (bicyclic) bond motifs is 1. The first-order valence-electron chi connectivity index (χ1n) is 8.99. The van der Waals surface area contributed by atoms with Crippen LogP contribution in [0.5, 0.6) is 0 Å². The third-order valence-electron chi connectivity index (χ3n) is 4.67. The smallest absolute Gasteiger partial charge is 0.222 e. The minimum absolute atomic E-state index is 0.518. The number of nitrogens with one attached hydrogen (secondary N) is 1. The summed E-state index contributed by atoms with van der Waals surface area (Å²) in [4.78, 5) is 15.2. The average Bonchev–Trinajstić information content (AvgIpc) is 3.03. The number of nitrogens with zero attached hydrogens (tertiary/aromatic N) is 6. The van der Waals surface area contributed by atoms with E-state index in [1.165, 1.54) is 11.3 Å². The molecule has 3 aromatic rings. The molecule has 0 saturated heterocycles. The van der Waals surface area contributed by atoms with Gasteiger partial charge in [0.15, 0.2) is 0 Å². The van der Waals surface area contributed by atoms with Crippen molar-refractivity contribution in [3.05, 3.63) is 66.5 Å². The summed E-state index contributed by atoms with van der Waals surface area (Å²) in [6.45, 7) is 4.66. The van der Waals surface area contributed by atoms with Crippen molar-refractivity contribution in [2.75, 3.05) is 18.4 Å². The van der Waals surface area contributed by atoms with Crippen molar-refractivity contribution in [1.29, 1.82) is 0 Å². The molecule has 0 spiro atoms. The molecular weight excluding hydrogens is 326 g/mol. The lowest BCUT2D eigenvalue weighted by Gasteiger charge is -2.24. The zero-order valence-electron chi connectivity index (χ0n) is 14.7. The van der Waals surface area contributed by atoms with E-state index < -0.39 is 0 Å². The van der Waals surface area contributed by atoms with Crippen molar-refractivity contribution in [2.45, 2.75) is 26.1 Å². The Morgan fingerprint density at radius 2 is 1.96 bits per heavy atom. The van der Waals surface area contributed by atoms with Gasteiger partial charge in [-0.2, -0.15) is 5.10 Å². The second kappa shape index (κ2) is 8.05. The van der Waals surface area contributed by atoms with Gasteiger partial charge in [-0.3, -0.25) is 14.6 Å². The molecule has 0 bridgehead atoms. The van der Waals surface area contributed by atoms with Crippen LogP contribution in [0.25, 0.3) is 0 Å². The fourth-order valence-electron chi connectivity index (χ4n) is 3.45. The maximum Gasteiger partial charge on any atom is 0.222 e. The summed E-state index contributed by atoms with van der Waals surface area (Å²) in [5.74, 6) is 1.21. The molecule has 1 atom stereocenters. The number of hydrogen-bond donors (Lipinski definition) is 1. The quantitative estimate of drug-likeness (QED) is 0.736. The van der Waals surface area contributed by atoms with E-state index in [0.717, 1.165) is 39.1 Å². The fraction of sp³-hybridized carbons (Fsp3) is 0.368. The third-order valence-corrected chi connectivity index (χ3v) is 4.67. The van der Waals surface area contributed by atoms with Crippen LogP contribution in [0.2, 0.25) is 0 Å². The highest BCUT2D eigenvalue weighted by Gasteiger charge is 2.22. The monoisotopic (exact) mass is 349 g/mol. The molecule has 0 amide bonds. The van der Waals surface area contributed by atoms with Gasteiger partial charge in [0, 0.05) is 63.7 Å². The van der Waals surface area contributed by atoms with Gasteiger partial charge in [0.2, 0.25) is 5.95 Å². The maximum atomic E-state index is 4.51. The molecule has 1 aliphatic rings. The fourth-order valence-corrected chi connectivity index (χ4v) is 3.45. The first-order chi connectivity index (χ1) is 12.9. The zero-order valence-corrected chi connectivity index (χ0v) is 14.7. The Balaban J connectivity index is 1.40. The van der Waals surface area contributed by atoms with E-state index in [0.29, 0.717) is 11.9 Å². The Morgan fingerprint density at radius 3 is 2.81 bits per heavy atom. The van der Waals surface area contributed by atoms with Gasteiger partial charge in [-0.05, 0) is 36.1 Å². The summed E-state index contributed by atoms with van der Waals surface area (Å²) in [6, 6.07) is 8.08. The molecule has 3 aromatic heterocycles. The van der Waals surface area contributed by atoms with Crippen LogP contribution in [0, 0.1) is 5.92 Å². The van der Waals surface area contributed by atoms with E-state index >= 15 is 0 Å². The molecule has 7 heteroatoms. The summed E-state index contributed by atoms with van der Waals surface area (Å²) < 4.78 is 2.15. The van der Waals surface area contributed by atoms with E-state index in [9.17, 15) is 0 Å².